The fraction of sp³-hybridized carbons (Fsp3) is 1.00. The van der Waals surface area contributed by atoms with Crippen LogP contribution in [-0.4, -0.2) is 6.61 Å². The molecule has 0 N–H and O–H groups in total. The summed E-state index contributed by atoms with van der Waals surface area (Å²) in [5.41, 5.74) is 0. The van der Waals surface area contributed by atoms with E-state index in [2.05, 4.69) is 11.4 Å². The molecule has 0 spiro atoms. The molecule has 0 aliphatic carbocycles. The standard InChI is InChI=1S/C6H13ClO2P/c1-2-3-4-5-6-9-10(7)8/h2-6H2,1H3/q+1. The topological polar surface area (TPSA) is 26.3 Å². The fourth-order valence-corrected chi connectivity index (χ4v) is 1.14. The smallest absolute Gasteiger partial charge is 0.131 e. The van der Waals surface area contributed by atoms with Crippen LogP contribution in [0.15, 0.2) is 0 Å². The van der Waals surface area contributed by atoms with Crippen LogP contribution in [0.5, 0.6) is 0 Å². The van der Waals surface area contributed by atoms with Gasteiger partial charge < -0.3 is 0 Å². The maximum atomic E-state index is 10.2. The van der Waals surface area contributed by atoms with Crippen molar-refractivity contribution in [1.82, 2.24) is 0 Å². The third-order valence-corrected chi connectivity index (χ3v) is 1.87. The summed E-state index contributed by atoms with van der Waals surface area (Å²) in [7, 11) is -1.90. The second-order valence-electron chi connectivity index (χ2n) is 2.11. The van der Waals surface area contributed by atoms with Gasteiger partial charge in [0.25, 0.3) is 0 Å². The molecule has 0 radical (unpaired) electrons. The van der Waals surface area contributed by atoms with Crippen molar-refractivity contribution in [3.8, 4) is 0 Å². The zero-order valence-electron chi connectivity index (χ0n) is 6.18. The van der Waals surface area contributed by atoms with Crippen LogP contribution in [0.3, 0.4) is 0 Å². The van der Waals surface area contributed by atoms with Gasteiger partial charge in [-0.05, 0) is 11.0 Å². The molecule has 60 valence electrons. The third-order valence-electron chi connectivity index (χ3n) is 1.19. The Kier molecular flexibility index (Phi) is 7.72. The van der Waals surface area contributed by atoms with Crippen LogP contribution in [0, 0.1) is 0 Å². The average Bonchev–Trinajstić information content (AvgIpc) is 1.87. The number of halogens is 1. The minimum atomic E-state index is -1.90. The van der Waals surface area contributed by atoms with Gasteiger partial charge in [0.2, 0.25) is 11.2 Å². The van der Waals surface area contributed by atoms with E-state index in [0.29, 0.717) is 6.61 Å². The first-order valence-corrected chi connectivity index (χ1v) is 5.61. The lowest BCUT2D eigenvalue weighted by molar-refractivity contribution is 0.325. The predicted molar refractivity (Wildman–Crippen MR) is 43.6 cm³/mol. The van der Waals surface area contributed by atoms with Gasteiger partial charge in [-0.3, -0.25) is 0 Å². The summed E-state index contributed by atoms with van der Waals surface area (Å²) in [6.45, 7) is 2.67. The molecule has 0 fully saturated rings. The lowest BCUT2D eigenvalue weighted by atomic mass is 10.2. The summed E-state index contributed by atoms with van der Waals surface area (Å²) in [6.07, 6.45) is 4.51. The van der Waals surface area contributed by atoms with Gasteiger partial charge in [0, 0.05) is 0 Å². The van der Waals surface area contributed by atoms with Crippen molar-refractivity contribution < 1.29 is 9.09 Å². The molecule has 0 aromatic rings. The van der Waals surface area contributed by atoms with Crippen molar-refractivity contribution in [3.63, 3.8) is 0 Å². The van der Waals surface area contributed by atoms with Crippen LogP contribution in [0.4, 0.5) is 0 Å². The van der Waals surface area contributed by atoms with Gasteiger partial charge in [-0.15, -0.1) is 4.52 Å². The van der Waals surface area contributed by atoms with Gasteiger partial charge in [0.05, 0.1) is 0 Å². The molecular formula is C6H13ClO2P+. The number of hydrogen-bond donors (Lipinski definition) is 0. The highest BCUT2D eigenvalue weighted by Crippen LogP contribution is 2.27. The first kappa shape index (κ1) is 10.3. The van der Waals surface area contributed by atoms with Crippen LogP contribution >= 0.6 is 18.6 Å². The monoisotopic (exact) mass is 183 g/mol. The summed E-state index contributed by atoms with van der Waals surface area (Å²) >= 11 is 5.08. The van der Waals surface area contributed by atoms with E-state index in [4.69, 9.17) is 11.2 Å². The molecule has 0 bridgehead atoms. The molecular weight excluding hydrogens is 170 g/mol. The molecule has 2 nitrogen and oxygen atoms in total. The molecule has 0 aromatic carbocycles. The first-order chi connectivity index (χ1) is 4.77. The number of rotatable bonds is 6. The SMILES string of the molecule is CCCCCCO[P+](=O)Cl. The highest BCUT2D eigenvalue weighted by molar-refractivity contribution is 7.69. The van der Waals surface area contributed by atoms with Crippen LogP contribution in [0.25, 0.3) is 0 Å². The zero-order valence-corrected chi connectivity index (χ0v) is 7.83. The zero-order chi connectivity index (χ0) is 7.82. The second kappa shape index (κ2) is 7.46. The van der Waals surface area contributed by atoms with Crippen LogP contribution in [0.2, 0.25) is 0 Å². The maximum absolute atomic E-state index is 10.2. The van der Waals surface area contributed by atoms with E-state index in [-0.39, 0.29) is 0 Å². The van der Waals surface area contributed by atoms with Crippen molar-refractivity contribution in [3.05, 3.63) is 0 Å². The van der Waals surface area contributed by atoms with Gasteiger partial charge in [0.1, 0.15) is 6.61 Å². The minimum absolute atomic E-state index is 0.526. The van der Waals surface area contributed by atoms with E-state index >= 15 is 0 Å². The van der Waals surface area contributed by atoms with E-state index in [0.717, 1.165) is 12.8 Å². The molecule has 0 rings (SSSR count). The Morgan fingerprint density at radius 3 is 2.60 bits per heavy atom. The largest absolute Gasteiger partial charge is 0.633 e. The molecule has 0 saturated carbocycles. The van der Waals surface area contributed by atoms with Crippen LogP contribution < -0.4 is 0 Å². The third kappa shape index (κ3) is 8.35. The molecule has 0 saturated heterocycles. The average molecular weight is 184 g/mol. The van der Waals surface area contributed by atoms with E-state index < -0.39 is 7.38 Å². The van der Waals surface area contributed by atoms with Crippen LogP contribution in [-0.2, 0) is 9.09 Å². The minimum Gasteiger partial charge on any atom is -0.131 e. The highest BCUT2D eigenvalue weighted by Gasteiger charge is 2.10. The van der Waals surface area contributed by atoms with Gasteiger partial charge in [-0.25, -0.2) is 0 Å². The van der Waals surface area contributed by atoms with Gasteiger partial charge in [-0.2, -0.15) is 0 Å². The Morgan fingerprint density at radius 2 is 2.10 bits per heavy atom. The van der Waals surface area contributed by atoms with Crippen molar-refractivity contribution in [2.75, 3.05) is 6.61 Å². The second-order valence-corrected chi connectivity index (χ2v) is 3.62. The van der Waals surface area contributed by atoms with Gasteiger partial charge in [0.15, 0.2) is 0 Å². The van der Waals surface area contributed by atoms with E-state index in [1.807, 2.05) is 0 Å². The molecule has 1 unspecified atom stereocenters. The Bertz CT molecular complexity index is 97.7. The van der Waals surface area contributed by atoms with E-state index in [1.165, 1.54) is 12.8 Å². The van der Waals surface area contributed by atoms with Crippen molar-refractivity contribution in [2.24, 2.45) is 0 Å². The quantitative estimate of drug-likeness (QED) is 0.466. The lowest BCUT2D eigenvalue weighted by Crippen LogP contribution is -1.84. The molecule has 1 atom stereocenters. The first-order valence-electron chi connectivity index (χ1n) is 3.53. The van der Waals surface area contributed by atoms with Gasteiger partial charge >= 0.3 is 7.38 Å². The fourth-order valence-electron chi connectivity index (χ4n) is 0.665. The van der Waals surface area contributed by atoms with Crippen molar-refractivity contribution in [1.29, 1.82) is 0 Å². The molecule has 0 amide bonds. The Balaban J connectivity index is 2.84. The van der Waals surface area contributed by atoms with E-state index in [9.17, 15) is 4.57 Å². The van der Waals surface area contributed by atoms with Crippen molar-refractivity contribution in [2.45, 2.75) is 32.6 Å². The summed E-state index contributed by atoms with van der Waals surface area (Å²) in [6, 6.07) is 0. The van der Waals surface area contributed by atoms with Crippen molar-refractivity contribution >= 4 is 18.6 Å². The molecule has 0 aromatic heterocycles. The van der Waals surface area contributed by atoms with E-state index in [1.54, 1.807) is 0 Å². The lowest BCUT2D eigenvalue weighted by Gasteiger charge is -1.91. The molecule has 0 aliphatic rings. The maximum Gasteiger partial charge on any atom is 0.633 e. The molecule has 0 heterocycles. The predicted octanol–water partition coefficient (Wildman–Crippen LogP) is 3.48. The summed E-state index contributed by atoms with van der Waals surface area (Å²) in [5.74, 6) is 0. The molecule has 4 heteroatoms. The van der Waals surface area contributed by atoms with Gasteiger partial charge in [-0.1, -0.05) is 26.2 Å². The highest BCUT2D eigenvalue weighted by atomic mass is 35.7. The van der Waals surface area contributed by atoms with Crippen LogP contribution in [0.1, 0.15) is 32.6 Å². The number of unbranched alkanes of at least 4 members (excludes halogenated alkanes) is 3. The normalized spacial score (nSPS) is 11.6. The molecule has 0 aliphatic heterocycles. The summed E-state index contributed by atoms with van der Waals surface area (Å²) in [5, 5.41) is 0. The Hall–Kier alpha value is 0.350. The summed E-state index contributed by atoms with van der Waals surface area (Å²) in [4.78, 5) is 0. The number of hydrogen-bond acceptors (Lipinski definition) is 2. The Labute approximate surface area is 67.6 Å². The summed E-state index contributed by atoms with van der Waals surface area (Å²) < 4.78 is 14.8. The molecule has 10 heavy (non-hydrogen) atoms. The Morgan fingerprint density at radius 1 is 1.40 bits per heavy atom.